The van der Waals surface area contributed by atoms with Crippen LogP contribution in [0.25, 0.3) is 0 Å². The molecule has 2 rings (SSSR count). The van der Waals surface area contributed by atoms with Crippen molar-refractivity contribution < 1.29 is 9.42 Å². The van der Waals surface area contributed by atoms with Gasteiger partial charge < -0.3 is 5.32 Å². The van der Waals surface area contributed by atoms with E-state index in [9.17, 15) is 4.79 Å². The second-order valence-corrected chi connectivity index (χ2v) is 3.60. The van der Waals surface area contributed by atoms with E-state index < -0.39 is 0 Å². The van der Waals surface area contributed by atoms with E-state index in [0.717, 1.165) is 0 Å². The van der Waals surface area contributed by atoms with Gasteiger partial charge in [0.1, 0.15) is 5.69 Å². The maximum Gasteiger partial charge on any atom is 0.256 e. The molecule has 1 aromatic heterocycles. The third-order valence-electron chi connectivity index (χ3n) is 1.99. The smallest absolute Gasteiger partial charge is 0.256 e. The lowest BCUT2D eigenvalue weighted by atomic mass is 10.2. The van der Waals surface area contributed by atoms with Crippen molar-refractivity contribution in [3.8, 4) is 0 Å². The van der Waals surface area contributed by atoms with E-state index in [1.54, 1.807) is 31.2 Å². The molecule has 0 saturated heterocycles. The predicted molar refractivity (Wildman–Crippen MR) is 58.4 cm³/mol. The minimum atomic E-state index is -0.282. The predicted octanol–water partition coefficient (Wildman–Crippen LogP) is 2.28. The molecular weight excluding hydrogens is 230 g/mol. The number of carbonyl (C=O) groups excluding carboxylic acids is 1. The molecule has 0 aliphatic heterocycles. The highest BCUT2D eigenvalue weighted by Crippen LogP contribution is 2.12. The molecule has 2 aromatic rings. The van der Waals surface area contributed by atoms with Crippen molar-refractivity contribution in [3.63, 3.8) is 0 Å². The van der Waals surface area contributed by atoms with Crippen molar-refractivity contribution >= 4 is 23.3 Å². The number of aryl methyl sites for hydroxylation is 1. The molecule has 0 unspecified atom stereocenters. The SMILES string of the molecule is Cc1nonc1NC(=O)c1ccc(Cl)cc1. The first-order valence-corrected chi connectivity index (χ1v) is 4.90. The van der Waals surface area contributed by atoms with Gasteiger partial charge >= 0.3 is 0 Å². The Morgan fingerprint density at radius 1 is 1.31 bits per heavy atom. The zero-order valence-corrected chi connectivity index (χ0v) is 9.15. The second kappa shape index (κ2) is 4.32. The number of hydrogen-bond donors (Lipinski definition) is 1. The highest BCUT2D eigenvalue weighted by Gasteiger charge is 2.10. The maximum atomic E-state index is 11.7. The van der Waals surface area contributed by atoms with Gasteiger partial charge in [-0.1, -0.05) is 16.8 Å². The first kappa shape index (κ1) is 10.6. The number of hydrogen-bond acceptors (Lipinski definition) is 4. The molecule has 1 amide bonds. The number of aromatic nitrogens is 2. The number of halogens is 1. The summed E-state index contributed by atoms with van der Waals surface area (Å²) >= 11 is 5.72. The van der Waals surface area contributed by atoms with Gasteiger partial charge in [0, 0.05) is 10.6 Å². The van der Waals surface area contributed by atoms with Crippen molar-refractivity contribution in [2.24, 2.45) is 0 Å². The van der Waals surface area contributed by atoms with E-state index in [2.05, 4.69) is 20.3 Å². The molecule has 82 valence electrons. The van der Waals surface area contributed by atoms with Crippen LogP contribution in [0, 0.1) is 6.92 Å². The van der Waals surface area contributed by atoms with Crippen LogP contribution >= 0.6 is 11.6 Å². The summed E-state index contributed by atoms with van der Waals surface area (Å²) in [5, 5.41) is 10.3. The monoisotopic (exact) mass is 237 g/mol. The van der Waals surface area contributed by atoms with Crippen molar-refractivity contribution in [3.05, 3.63) is 40.5 Å². The van der Waals surface area contributed by atoms with E-state index >= 15 is 0 Å². The molecule has 0 radical (unpaired) electrons. The quantitative estimate of drug-likeness (QED) is 0.870. The average Bonchev–Trinajstić information content (AvgIpc) is 2.65. The van der Waals surface area contributed by atoms with Gasteiger partial charge in [-0.25, -0.2) is 4.63 Å². The summed E-state index contributed by atoms with van der Waals surface area (Å²) in [6, 6.07) is 6.54. The van der Waals surface area contributed by atoms with Crippen LogP contribution in [0.15, 0.2) is 28.9 Å². The zero-order chi connectivity index (χ0) is 11.5. The standard InChI is InChI=1S/C10H8ClN3O2/c1-6-9(14-16-13-6)12-10(15)7-2-4-8(11)5-3-7/h2-5H,1H3,(H,12,14,15). The first-order valence-electron chi connectivity index (χ1n) is 4.53. The van der Waals surface area contributed by atoms with Gasteiger partial charge in [-0.05, 0) is 36.3 Å². The average molecular weight is 238 g/mol. The van der Waals surface area contributed by atoms with Gasteiger partial charge in [-0.3, -0.25) is 4.79 Å². The molecule has 5 nitrogen and oxygen atoms in total. The summed E-state index contributed by atoms with van der Waals surface area (Å²) in [6.45, 7) is 1.69. The molecule has 0 bridgehead atoms. The number of nitrogens with one attached hydrogen (secondary N) is 1. The molecule has 0 spiro atoms. The van der Waals surface area contributed by atoms with Crippen LogP contribution in [0.4, 0.5) is 5.82 Å². The van der Waals surface area contributed by atoms with Crippen LogP contribution in [0.3, 0.4) is 0 Å². The Kier molecular flexibility index (Phi) is 2.87. The van der Waals surface area contributed by atoms with E-state index in [1.165, 1.54) is 0 Å². The first-order chi connectivity index (χ1) is 7.66. The lowest BCUT2D eigenvalue weighted by molar-refractivity contribution is 0.102. The number of rotatable bonds is 2. The Morgan fingerprint density at radius 2 is 2.00 bits per heavy atom. The summed E-state index contributed by atoms with van der Waals surface area (Å²) in [5.74, 6) is 0.0374. The van der Waals surface area contributed by atoms with Gasteiger partial charge in [0.25, 0.3) is 5.91 Å². The van der Waals surface area contributed by atoms with Crippen LogP contribution in [-0.4, -0.2) is 16.2 Å². The largest absolute Gasteiger partial charge is 0.302 e. The molecule has 1 N–H and O–H groups in total. The van der Waals surface area contributed by atoms with Crippen LogP contribution in [0.5, 0.6) is 0 Å². The molecule has 6 heteroatoms. The van der Waals surface area contributed by atoms with Crippen molar-refractivity contribution in [2.45, 2.75) is 6.92 Å². The number of benzene rings is 1. The van der Waals surface area contributed by atoms with E-state index in [4.69, 9.17) is 11.6 Å². The lowest BCUT2D eigenvalue weighted by Gasteiger charge is -2.01. The summed E-state index contributed by atoms with van der Waals surface area (Å²) in [7, 11) is 0. The fourth-order valence-corrected chi connectivity index (χ4v) is 1.25. The molecule has 0 aliphatic carbocycles. The summed E-state index contributed by atoms with van der Waals surface area (Å²) < 4.78 is 4.47. The summed E-state index contributed by atoms with van der Waals surface area (Å²) in [5.41, 5.74) is 1.02. The number of carbonyl (C=O) groups is 1. The van der Waals surface area contributed by atoms with Crippen molar-refractivity contribution in [2.75, 3.05) is 5.32 Å². The molecule has 1 heterocycles. The summed E-state index contributed by atoms with van der Waals surface area (Å²) in [6.07, 6.45) is 0. The number of amides is 1. The van der Waals surface area contributed by atoms with Crippen LogP contribution in [0.1, 0.15) is 16.1 Å². The van der Waals surface area contributed by atoms with Crippen LogP contribution in [0.2, 0.25) is 5.02 Å². The molecule has 0 atom stereocenters. The van der Waals surface area contributed by atoms with E-state index in [0.29, 0.717) is 22.1 Å². The van der Waals surface area contributed by atoms with Gasteiger partial charge in [-0.15, -0.1) is 0 Å². The molecule has 0 aliphatic rings. The zero-order valence-electron chi connectivity index (χ0n) is 8.40. The summed E-state index contributed by atoms with van der Waals surface area (Å²) in [4.78, 5) is 11.7. The normalized spacial score (nSPS) is 10.1. The molecule has 0 fully saturated rings. The molecule has 16 heavy (non-hydrogen) atoms. The highest BCUT2D eigenvalue weighted by molar-refractivity contribution is 6.30. The second-order valence-electron chi connectivity index (χ2n) is 3.16. The fraction of sp³-hybridized carbons (Fsp3) is 0.100. The van der Waals surface area contributed by atoms with Gasteiger partial charge in [0.05, 0.1) is 0 Å². The molecule has 1 aromatic carbocycles. The fourth-order valence-electron chi connectivity index (χ4n) is 1.13. The van der Waals surface area contributed by atoms with Crippen molar-refractivity contribution in [1.29, 1.82) is 0 Å². The third-order valence-corrected chi connectivity index (χ3v) is 2.24. The lowest BCUT2D eigenvalue weighted by Crippen LogP contribution is -2.12. The van der Waals surface area contributed by atoms with E-state index in [-0.39, 0.29) is 5.91 Å². The Balaban J connectivity index is 2.15. The topological polar surface area (TPSA) is 68.0 Å². The molecular formula is C10H8ClN3O2. The van der Waals surface area contributed by atoms with Crippen molar-refractivity contribution in [1.82, 2.24) is 10.3 Å². The number of anilines is 1. The Bertz CT molecular complexity index is 507. The highest BCUT2D eigenvalue weighted by atomic mass is 35.5. The number of nitrogens with zero attached hydrogens (tertiary/aromatic N) is 2. The van der Waals surface area contributed by atoms with Gasteiger partial charge in [-0.2, -0.15) is 0 Å². The maximum absolute atomic E-state index is 11.7. The van der Waals surface area contributed by atoms with E-state index in [1.807, 2.05) is 0 Å². The van der Waals surface area contributed by atoms with Crippen LogP contribution in [-0.2, 0) is 0 Å². The molecule has 0 saturated carbocycles. The Hall–Kier alpha value is -1.88. The van der Waals surface area contributed by atoms with Gasteiger partial charge in [0.2, 0.25) is 5.82 Å². The van der Waals surface area contributed by atoms with Gasteiger partial charge in [0.15, 0.2) is 0 Å². The van der Waals surface area contributed by atoms with Crippen LogP contribution < -0.4 is 5.32 Å². The third kappa shape index (κ3) is 2.20. The Morgan fingerprint density at radius 3 is 2.56 bits per heavy atom. The minimum Gasteiger partial charge on any atom is -0.302 e. The minimum absolute atomic E-state index is 0.282. The Labute approximate surface area is 96.4 Å².